The van der Waals surface area contributed by atoms with Crippen molar-refractivity contribution >= 4 is 25.8 Å². The van der Waals surface area contributed by atoms with Crippen molar-refractivity contribution in [3.05, 3.63) is 64.6 Å². The third-order valence-electron chi connectivity index (χ3n) is 2.44. The molecule has 0 aliphatic carbocycles. The van der Waals surface area contributed by atoms with Crippen molar-refractivity contribution in [2.75, 3.05) is 5.75 Å². The van der Waals surface area contributed by atoms with Crippen molar-refractivity contribution in [2.45, 2.75) is 4.90 Å². The molecule has 2 nitrogen and oxygen atoms in total. The number of sulfone groups is 1. The largest absolute Gasteiger partial charge is 0.223 e. The molecule has 0 radical (unpaired) electrons. The van der Waals surface area contributed by atoms with Crippen LogP contribution in [0.3, 0.4) is 0 Å². The van der Waals surface area contributed by atoms with Crippen LogP contribution in [0.2, 0.25) is 0 Å². The summed E-state index contributed by atoms with van der Waals surface area (Å²) in [6, 6.07) is 15.8. The Hall–Kier alpha value is -1.57. The summed E-state index contributed by atoms with van der Waals surface area (Å²) in [7, 11) is -3.32. The second kappa shape index (κ2) is 6.05. The Bertz CT molecular complexity index is 708. The van der Waals surface area contributed by atoms with Gasteiger partial charge >= 0.3 is 0 Å². The van der Waals surface area contributed by atoms with Crippen molar-refractivity contribution in [1.29, 1.82) is 0 Å². The zero-order valence-corrected chi connectivity index (χ0v) is 12.4. The van der Waals surface area contributed by atoms with E-state index in [0.717, 1.165) is 10.0 Å². The quantitative estimate of drug-likeness (QED) is 0.790. The Labute approximate surface area is 121 Å². The number of rotatable bonds is 2. The summed E-state index contributed by atoms with van der Waals surface area (Å²) < 4.78 is 24.9. The lowest BCUT2D eigenvalue weighted by Crippen LogP contribution is -2.04. The van der Waals surface area contributed by atoms with Crippen LogP contribution in [0.15, 0.2) is 64.0 Å². The monoisotopic (exact) mass is 334 g/mol. The zero-order chi connectivity index (χ0) is 13.7. The first-order valence-electron chi connectivity index (χ1n) is 5.60. The fourth-order valence-electron chi connectivity index (χ4n) is 1.48. The van der Waals surface area contributed by atoms with Crippen LogP contribution in [0.1, 0.15) is 5.56 Å². The van der Waals surface area contributed by atoms with Crippen LogP contribution in [0.4, 0.5) is 0 Å². The minimum absolute atomic E-state index is 0.174. The van der Waals surface area contributed by atoms with E-state index in [2.05, 4.69) is 27.8 Å². The summed E-state index contributed by atoms with van der Waals surface area (Å²) in [4.78, 5) is 0.306. The Morgan fingerprint density at radius 3 is 2.21 bits per heavy atom. The van der Waals surface area contributed by atoms with Crippen molar-refractivity contribution in [3.63, 3.8) is 0 Å². The highest BCUT2D eigenvalue weighted by molar-refractivity contribution is 9.10. The van der Waals surface area contributed by atoms with E-state index in [-0.39, 0.29) is 5.75 Å². The number of hydrogen-bond acceptors (Lipinski definition) is 2. The van der Waals surface area contributed by atoms with E-state index in [9.17, 15) is 8.42 Å². The Kier molecular flexibility index (Phi) is 4.41. The van der Waals surface area contributed by atoms with Crippen LogP contribution >= 0.6 is 15.9 Å². The second-order valence-electron chi connectivity index (χ2n) is 3.88. The van der Waals surface area contributed by atoms with Gasteiger partial charge in [0.15, 0.2) is 9.84 Å². The highest BCUT2D eigenvalue weighted by Crippen LogP contribution is 2.11. The van der Waals surface area contributed by atoms with Gasteiger partial charge in [0.05, 0.1) is 4.90 Å². The molecule has 2 aromatic carbocycles. The molecule has 0 aliphatic heterocycles. The lowest BCUT2D eigenvalue weighted by Gasteiger charge is -1.98. The van der Waals surface area contributed by atoms with Gasteiger partial charge in [-0.2, -0.15) is 0 Å². The van der Waals surface area contributed by atoms with E-state index in [1.807, 2.05) is 24.3 Å². The minimum atomic E-state index is -3.32. The number of halogens is 1. The molecule has 0 amide bonds. The highest BCUT2D eigenvalue weighted by atomic mass is 79.9. The summed E-state index contributed by atoms with van der Waals surface area (Å²) in [5, 5.41) is 0. The van der Waals surface area contributed by atoms with Gasteiger partial charge in [-0.15, -0.1) is 0 Å². The molecule has 0 unspecified atom stereocenters. The lowest BCUT2D eigenvalue weighted by atomic mass is 10.2. The Morgan fingerprint density at radius 2 is 1.58 bits per heavy atom. The molecule has 0 saturated carbocycles. The minimum Gasteiger partial charge on any atom is -0.223 e. The van der Waals surface area contributed by atoms with Crippen LogP contribution in [0.5, 0.6) is 0 Å². The standard InChI is InChI=1S/C15H11BrO2S/c16-14-10-8-13(9-11-14)5-4-12-19(17,18)15-6-2-1-3-7-15/h1-3,6-11H,12H2. The molecule has 0 aromatic heterocycles. The zero-order valence-electron chi connectivity index (χ0n) is 10.0. The number of hydrogen-bond donors (Lipinski definition) is 0. The van der Waals surface area contributed by atoms with Gasteiger partial charge < -0.3 is 0 Å². The average Bonchev–Trinajstić information content (AvgIpc) is 2.42. The molecule has 2 rings (SSSR count). The molecule has 0 saturated heterocycles. The van der Waals surface area contributed by atoms with E-state index in [1.54, 1.807) is 30.3 Å². The van der Waals surface area contributed by atoms with Crippen LogP contribution in [0, 0.1) is 11.8 Å². The van der Waals surface area contributed by atoms with E-state index in [1.165, 1.54) is 0 Å². The first-order chi connectivity index (χ1) is 9.08. The van der Waals surface area contributed by atoms with Crippen molar-refractivity contribution in [3.8, 4) is 11.8 Å². The fraction of sp³-hybridized carbons (Fsp3) is 0.0667. The van der Waals surface area contributed by atoms with Gasteiger partial charge in [0.1, 0.15) is 5.75 Å². The molecule has 19 heavy (non-hydrogen) atoms. The highest BCUT2D eigenvalue weighted by Gasteiger charge is 2.11. The molecule has 0 N–H and O–H groups in total. The van der Waals surface area contributed by atoms with Crippen LogP contribution in [0.25, 0.3) is 0 Å². The van der Waals surface area contributed by atoms with Crippen LogP contribution in [-0.4, -0.2) is 14.2 Å². The van der Waals surface area contributed by atoms with Crippen LogP contribution in [-0.2, 0) is 9.84 Å². The molecule has 0 fully saturated rings. The fourth-order valence-corrected chi connectivity index (χ4v) is 2.74. The molecule has 2 aromatic rings. The van der Waals surface area contributed by atoms with E-state index in [4.69, 9.17) is 0 Å². The normalized spacial score (nSPS) is 10.6. The molecule has 0 spiro atoms. The first kappa shape index (κ1) is 13.9. The lowest BCUT2D eigenvalue weighted by molar-refractivity contribution is 0.599. The molecule has 0 aliphatic rings. The molecular formula is C15H11BrO2S. The van der Waals surface area contributed by atoms with Crippen LogP contribution < -0.4 is 0 Å². The van der Waals surface area contributed by atoms with Crippen molar-refractivity contribution in [1.82, 2.24) is 0 Å². The maximum absolute atomic E-state index is 12.0. The smallest absolute Gasteiger partial charge is 0.189 e. The summed E-state index contributed by atoms with van der Waals surface area (Å²) in [6.07, 6.45) is 0. The summed E-state index contributed by atoms with van der Waals surface area (Å²) in [5.41, 5.74) is 0.798. The van der Waals surface area contributed by atoms with Gasteiger partial charge in [-0.05, 0) is 36.4 Å². The van der Waals surface area contributed by atoms with E-state index >= 15 is 0 Å². The Morgan fingerprint density at radius 1 is 0.947 bits per heavy atom. The van der Waals surface area contributed by atoms with Gasteiger partial charge in [-0.3, -0.25) is 0 Å². The number of benzene rings is 2. The SMILES string of the molecule is O=S(=O)(CC#Cc1ccc(Br)cc1)c1ccccc1. The van der Waals surface area contributed by atoms with Gasteiger partial charge in [-0.1, -0.05) is 46.0 Å². The summed E-state index contributed by atoms with van der Waals surface area (Å²) in [6.45, 7) is 0. The third kappa shape index (κ3) is 3.95. The molecular weight excluding hydrogens is 324 g/mol. The molecule has 0 atom stereocenters. The van der Waals surface area contributed by atoms with Crippen molar-refractivity contribution in [2.24, 2.45) is 0 Å². The van der Waals surface area contributed by atoms with Gasteiger partial charge in [-0.25, -0.2) is 8.42 Å². The first-order valence-corrected chi connectivity index (χ1v) is 8.05. The maximum Gasteiger partial charge on any atom is 0.189 e. The summed E-state index contributed by atoms with van der Waals surface area (Å²) in [5.74, 6) is 5.38. The van der Waals surface area contributed by atoms with E-state index < -0.39 is 9.84 Å². The second-order valence-corrected chi connectivity index (χ2v) is 6.79. The van der Waals surface area contributed by atoms with Crippen molar-refractivity contribution < 1.29 is 8.42 Å². The molecule has 0 heterocycles. The van der Waals surface area contributed by atoms with Gasteiger partial charge in [0.2, 0.25) is 0 Å². The maximum atomic E-state index is 12.0. The molecule has 4 heteroatoms. The summed E-state index contributed by atoms with van der Waals surface area (Å²) >= 11 is 3.33. The predicted molar refractivity (Wildman–Crippen MR) is 79.5 cm³/mol. The van der Waals surface area contributed by atoms with Gasteiger partial charge in [0, 0.05) is 10.0 Å². The molecule has 0 bridgehead atoms. The van der Waals surface area contributed by atoms with Gasteiger partial charge in [0.25, 0.3) is 0 Å². The average molecular weight is 335 g/mol. The predicted octanol–water partition coefficient (Wildman–Crippen LogP) is 3.27. The Balaban J connectivity index is 2.13. The third-order valence-corrected chi connectivity index (χ3v) is 4.48. The van der Waals surface area contributed by atoms with E-state index in [0.29, 0.717) is 4.90 Å². The topological polar surface area (TPSA) is 34.1 Å². The molecule has 96 valence electrons.